The average Bonchev–Trinajstić information content (AvgIpc) is 2.36. The molecule has 1 N–H and O–H groups in total. The van der Waals surface area contributed by atoms with Gasteiger partial charge in [-0.2, -0.15) is 17.9 Å². The van der Waals surface area contributed by atoms with Gasteiger partial charge in [-0.25, -0.2) is 8.42 Å². The van der Waals surface area contributed by atoms with Crippen molar-refractivity contribution in [1.29, 1.82) is 0 Å². The minimum Gasteiger partial charge on any atom is -0.207 e. The molecule has 0 aliphatic heterocycles. The summed E-state index contributed by atoms with van der Waals surface area (Å²) in [6.45, 7) is 3.40. The Labute approximate surface area is 127 Å². The molecule has 2 aromatic carbocycles. The summed E-state index contributed by atoms with van der Waals surface area (Å²) in [7, 11) is -4.31. The second kappa shape index (κ2) is 5.24. The van der Waals surface area contributed by atoms with Gasteiger partial charge in [0.25, 0.3) is 0 Å². The van der Waals surface area contributed by atoms with Crippen LogP contribution in [0.3, 0.4) is 0 Å². The Hall–Kier alpha value is -1.60. The van der Waals surface area contributed by atoms with Gasteiger partial charge in [-0.1, -0.05) is 30.3 Å². The number of halogens is 3. The van der Waals surface area contributed by atoms with Crippen molar-refractivity contribution in [2.45, 2.75) is 37.4 Å². The van der Waals surface area contributed by atoms with Gasteiger partial charge in [-0.3, -0.25) is 0 Å². The summed E-state index contributed by atoms with van der Waals surface area (Å²) in [6, 6.07) is 9.62. The molecule has 22 heavy (non-hydrogen) atoms. The summed E-state index contributed by atoms with van der Waals surface area (Å²) >= 11 is 0. The van der Waals surface area contributed by atoms with Crippen LogP contribution in [0, 0.1) is 6.92 Å². The van der Waals surface area contributed by atoms with Gasteiger partial charge < -0.3 is 0 Å². The van der Waals surface area contributed by atoms with Gasteiger partial charge in [-0.15, -0.1) is 0 Å². The van der Waals surface area contributed by atoms with Crippen LogP contribution in [0.2, 0.25) is 0 Å². The Bertz CT molecular complexity index is 811. The second-order valence-corrected chi connectivity index (χ2v) is 7.31. The van der Waals surface area contributed by atoms with Gasteiger partial charge in [-0.05, 0) is 37.8 Å². The largest absolute Gasteiger partial charge is 0.407 e. The van der Waals surface area contributed by atoms with Crippen LogP contribution in [-0.2, 0) is 10.0 Å². The number of aryl methyl sites for hydroxylation is 1. The molecule has 0 unspecified atom stereocenters. The fourth-order valence-corrected chi connectivity index (χ4v) is 3.72. The van der Waals surface area contributed by atoms with Crippen LogP contribution < -0.4 is 4.72 Å². The zero-order valence-corrected chi connectivity index (χ0v) is 13.1. The molecule has 120 valence electrons. The lowest BCUT2D eigenvalue weighted by atomic mass is 10.1. The van der Waals surface area contributed by atoms with Crippen molar-refractivity contribution in [2.75, 3.05) is 0 Å². The van der Waals surface area contributed by atoms with Crippen molar-refractivity contribution >= 4 is 20.8 Å². The van der Waals surface area contributed by atoms with Gasteiger partial charge >= 0.3 is 6.18 Å². The third-order valence-corrected chi connectivity index (χ3v) is 5.20. The van der Waals surface area contributed by atoms with Gasteiger partial charge in [0.2, 0.25) is 10.0 Å². The van der Waals surface area contributed by atoms with E-state index in [-0.39, 0.29) is 4.90 Å². The molecule has 2 rings (SSSR count). The first kappa shape index (κ1) is 16.8. The van der Waals surface area contributed by atoms with E-state index in [0.29, 0.717) is 10.8 Å². The Morgan fingerprint density at radius 3 is 2.05 bits per heavy atom. The van der Waals surface area contributed by atoms with Crippen LogP contribution in [0.25, 0.3) is 10.8 Å². The van der Waals surface area contributed by atoms with E-state index in [9.17, 15) is 21.6 Å². The zero-order valence-electron chi connectivity index (χ0n) is 12.3. The Morgan fingerprint density at radius 2 is 1.50 bits per heavy atom. The van der Waals surface area contributed by atoms with Crippen LogP contribution in [0.15, 0.2) is 41.3 Å². The summed E-state index contributed by atoms with van der Waals surface area (Å²) in [5.41, 5.74) is -1.71. The van der Waals surface area contributed by atoms with Gasteiger partial charge in [0.05, 0.1) is 4.90 Å². The number of fused-ring (bicyclic) bond motifs is 1. The van der Waals surface area contributed by atoms with Crippen molar-refractivity contribution < 1.29 is 21.6 Å². The molecule has 0 spiro atoms. The van der Waals surface area contributed by atoms with E-state index < -0.39 is 21.7 Å². The maximum Gasteiger partial charge on any atom is 0.407 e. The summed E-state index contributed by atoms with van der Waals surface area (Å²) < 4.78 is 65.4. The van der Waals surface area contributed by atoms with E-state index in [0.717, 1.165) is 19.4 Å². The molecule has 7 heteroatoms. The normalized spacial score (nSPS) is 13.5. The molecule has 0 radical (unpaired) electrons. The smallest absolute Gasteiger partial charge is 0.207 e. The average molecular weight is 331 g/mol. The molecule has 0 aromatic heterocycles. The van der Waals surface area contributed by atoms with E-state index in [1.807, 2.05) is 6.92 Å². The molecule has 0 saturated heterocycles. The van der Waals surface area contributed by atoms with Crippen molar-refractivity contribution in [2.24, 2.45) is 0 Å². The molecule has 0 bridgehead atoms. The third kappa shape index (κ3) is 2.96. The highest BCUT2D eigenvalue weighted by atomic mass is 32.2. The number of alkyl halides is 3. The van der Waals surface area contributed by atoms with Crippen LogP contribution in [0.4, 0.5) is 13.2 Å². The van der Waals surface area contributed by atoms with Crippen molar-refractivity contribution in [3.05, 3.63) is 42.0 Å². The van der Waals surface area contributed by atoms with E-state index in [1.54, 1.807) is 35.1 Å². The topological polar surface area (TPSA) is 46.2 Å². The zero-order chi connectivity index (χ0) is 16.8. The van der Waals surface area contributed by atoms with Crippen LogP contribution in [0.1, 0.15) is 19.4 Å². The quantitative estimate of drug-likeness (QED) is 0.931. The molecule has 0 heterocycles. The molecule has 0 aliphatic rings. The predicted octanol–water partition coefficient (Wildman–Crippen LogP) is 3.77. The summed E-state index contributed by atoms with van der Waals surface area (Å²) in [5, 5.41) is 1.09. The molecule has 0 atom stereocenters. The predicted molar refractivity (Wildman–Crippen MR) is 79.1 cm³/mol. The summed E-state index contributed by atoms with van der Waals surface area (Å²) in [4.78, 5) is -0.161. The van der Waals surface area contributed by atoms with Crippen LogP contribution in [-0.4, -0.2) is 20.1 Å². The first-order chi connectivity index (χ1) is 9.96. The summed E-state index contributed by atoms with van der Waals surface area (Å²) in [5.74, 6) is 0. The van der Waals surface area contributed by atoms with E-state index in [1.165, 1.54) is 6.07 Å². The van der Waals surface area contributed by atoms with E-state index in [2.05, 4.69) is 0 Å². The SMILES string of the molecule is Cc1ccc(S(=O)(=O)NC(C)(C)C(F)(F)F)c2ccccc12. The van der Waals surface area contributed by atoms with Crippen LogP contribution in [0.5, 0.6) is 0 Å². The maximum absolute atomic E-state index is 12.9. The van der Waals surface area contributed by atoms with Gasteiger partial charge in [0, 0.05) is 5.39 Å². The monoisotopic (exact) mass is 331 g/mol. The first-order valence-corrected chi connectivity index (χ1v) is 8.03. The number of hydrogen-bond acceptors (Lipinski definition) is 2. The fourth-order valence-electron chi connectivity index (χ4n) is 2.11. The first-order valence-electron chi connectivity index (χ1n) is 6.55. The lowest BCUT2D eigenvalue weighted by molar-refractivity contribution is -0.180. The number of benzene rings is 2. The van der Waals surface area contributed by atoms with Crippen molar-refractivity contribution in [3.8, 4) is 0 Å². The minimum atomic E-state index is -4.69. The fraction of sp³-hybridized carbons (Fsp3) is 0.333. The van der Waals surface area contributed by atoms with Gasteiger partial charge in [0.15, 0.2) is 0 Å². The van der Waals surface area contributed by atoms with Gasteiger partial charge in [0.1, 0.15) is 5.54 Å². The summed E-state index contributed by atoms with van der Waals surface area (Å²) in [6.07, 6.45) is -4.69. The van der Waals surface area contributed by atoms with Crippen LogP contribution >= 0.6 is 0 Å². The molecule has 0 fully saturated rings. The van der Waals surface area contributed by atoms with E-state index >= 15 is 0 Å². The number of sulfonamides is 1. The van der Waals surface area contributed by atoms with Crippen molar-refractivity contribution in [1.82, 2.24) is 4.72 Å². The number of nitrogens with one attached hydrogen (secondary N) is 1. The molecular formula is C15H16F3NO2S. The minimum absolute atomic E-state index is 0.161. The highest BCUT2D eigenvalue weighted by molar-refractivity contribution is 7.89. The second-order valence-electron chi connectivity index (χ2n) is 5.65. The molecule has 0 aliphatic carbocycles. The Kier molecular flexibility index (Phi) is 3.99. The maximum atomic E-state index is 12.9. The Morgan fingerprint density at radius 1 is 0.955 bits per heavy atom. The number of hydrogen-bond donors (Lipinski definition) is 1. The number of rotatable bonds is 3. The van der Waals surface area contributed by atoms with E-state index in [4.69, 9.17) is 0 Å². The third-order valence-electron chi connectivity index (χ3n) is 3.49. The lowest BCUT2D eigenvalue weighted by Crippen LogP contribution is -2.54. The highest BCUT2D eigenvalue weighted by Gasteiger charge is 2.49. The molecule has 0 saturated carbocycles. The lowest BCUT2D eigenvalue weighted by Gasteiger charge is -2.28. The molecule has 3 nitrogen and oxygen atoms in total. The Balaban J connectivity index is 2.59. The molecular weight excluding hydrogens is 315 g/mol. The standard InChI is InChI=1S/C15H16F3NO2S/c1-10-8-9-13(12-7-5-4-6-11(10)12)22(20,21)19-14(2,3)15(16,17)18/h4-9,19H,1-3H3. The highest BCUT2D eigenvalue weighted by Crippen LogP contribution is 2.32. The molecule has 0 amide bonds. The van der Waals surface area contributed by atoms with Crippen molar-refractivity contribution in [3.63, 3.8) is 0 Å². The molecule has 2 aromatic rings.